The van der Waals surface area contributed by atoms with Crippen LogP contribution in [0, 0.1) is 4.91 Å². The number of nitroso groups, excluding NO2 is 1. The minimum absolute atomic E-state index is 0.00922. The first-order valence-corrected chi connectivity index (χ1v) is 4.88. The summed E-state index contributed by atoms with van der Waals surface area (Å²) in [7, 11) is 0. The van der Waals surface area contributed by atoms with Gasteiger partial charge in [-0.2, -0.15) is 4.91 Å². The third kappa shape index (κ3) is 1.89. The topological polar surface area (TPSA) is 45.6 Å². The monoisotopic (exact) mass is 191 g/mol. The lowest BCUT2D eigenvalue weighted by Crippen LogP contribution is -2.35. The predicted molar refractivity (Wildman–Crippen MR) is 55.3 cm³/mol. The fourth-order valence-corrected chi connectivity index (χ4v) is 1.74. The minimum Gasteiger partial charge on any atom is -0.356 e. The predicted octanol–water partition coefficient (Wildman–Crippen LogP) is 1.82. The van der Waals surface area contributed by atoms with Gasteiger partial charge in [0.05, 0.1) is 6.04 Å². The van der Waals surface area contributed by atoms with Crippen molar-refractivity contribution in [1.29, 1.82) is 0 Å². The van der Waals surface area contributed by atoms with E-state index >= 15 is 0 Å². The number of anilines is 1. The van der Waals surface area contributed by atoms with Gasteiger partial charge in [0.2, 0.25) is 0 Å². The molecule has 0 spiro atoms. The molecule has 0 aliphatic carbocycles. The van der Waals surface area contributed by atoms with Crippen molar-refractivity contribution in [2.75, 3.05) is 18.0 Å². The summed E-state index contributed by atoms with van der Waals surface area (Å²) < 4.78 is 0. The van der Waals surface area contributed by atoms with E-state index in [4.69, 9.17) is 0 Å². The van der Waals surface area contributed by atoms with E-state index in [1.54, 1.807) is 6.20 Å². The second-order valence-corrected chi connectivity index (χ2v) is 3.51. The summed E-state index contributed by atoms with van der Waals surface area (Å²) in [6.07, 6.45) is 3.49. The first-order valence-electron chi connectivity index (χ1n) is 4.88. The van der Waals surface area contributed by atoms with Crippen LogP contribution in [0.1, 0.15) is 12.8 Å². The highest BCUT2D eigenvalue weighted by Crippen LogP contribution is 2.18. The van der Waals surface area contributed by atoms with Crippen LogP contribution < -0.4 is 4.90 Å². The van der Waals surface area contributed by atoms with Crippen LogP contribution in [0.15, 0.2) is 29.6 Å². The largest absolute Gasteiger partial charge is 0.356 e. The average molecular weight is 191 g/mol. The Balaban J connectivity index is 1.99. The highest BCUT2D eigenvalue weighted by atomic mass is 16.3. The molecule has 1 saturated heterocycles. The number of hydrogen-bond donors (Lipinski definition) is 0. The molecule has 1 fully saturated rings. The number of pyridine rings is 1. The van der Waals surface area contributed by atoms with Gasteiger partial charge in [-0.25, -0.2) is 4.98 Å². The van der Waals surface area contributed by atoms with E-state index in [1.165, 1.54) is 0 Å². The molecule has 1 aliphatic heterocycles. The van der Waals surface area contributed by atoms with E-state index < -0.39 is 0 Å². The zero-order valence-corrected chi connectivity index (χ0v) is 7.97. The maximum Gasteiger partial charge on any atom is 0.128 e. The molecule has 0 bridgehead atoms. The van der Waals surface area contributed by atoms with Crippen molar-refractivity contribution in [3.63, 3.8) is 0 Å². The smallest absolute Gasteiger partial charge is 0.128 e. The molecule has 14 heavy (non-hydrogen) atoms. The zero-order valence-electron chi connectivity index (χ0n) is 7.97. The molecule has 0 atom stereocenters. The molecule has 2 rings (SSSR count). The molecule has 1 aromatic rings. The molecule has 4 nitrogen and oxygen atoms in total. The molecule has 0 N–H and O–H groups in total. The van der Waals surface area contributed by atoms with Crippen molar-refractivity contribution in [2.45, 2.75) is 18.9 Å². The zero-order chi connectivity index (χ0) is 9.80. The SMILES string of the molecule is O=NC1CCN(c2ccccn2)CC1. The average Bonchev–Trinajstić information content (AvgIpc) is 2.30. The Hall–Kier alpha value is -1.45. The molecule has 0 aromatic carbocycles. The molecule has 0 saturated carbocycles. The van der Waals surface area contributed by atoms with Crippen molar-refractivity contribution >= 4 is 5.82 Å². The fourth-order valence-electron chi connectivity index (χ4n) is 1.74. The van der Waals surface area contributed by atoms with Gasteiger partial charge in [-0.1, -0.05) is 11.2 Å². The Morgan fingerprint density at radius 1 is 1.36 bits per heavy atom. The molecule has 0 amide bonds. The van der Waals surface area contributed by atoms with E-state index in [0.717, 1.165) is 31.7 Å². The fraction of sp³-hybridized carbons (Fsp3) is 0.500. The van der Waals surface area contributed by atoms with Crippen molar-refractivity contribution < 1.29 is 0 Å². The lowest BCUT2D eigenvalue weighted by Gasteiger charge is -2.29. The number of rotatable bonds is 2. The van der Waals surface area contributed by atoms with Gasteiger partial charge >= 0.3 is 0 Å². The van der Waals surface area contributed by atoms with Crippen LogP contribution >= 0.6 is 0 Å². The third-order valence-electron chi connectivity index (χ3n) is 2.59. The van der Waals surface area contributed by atoms with Crippen molar-refractivity contribution in [3.05, 3.63) is 29.3 Å². The van der Waals surface area contributed by atoms with E-state index in [1.807, 2.05) is 18.2 Å². The van der Waals surface area contributed by atoms with E-state index in [9.17, 15) is 4.91 Å². The van der Waals surface area contributed by atoms with E-state index in [-0.39, 0.29) is 6.04 Å². The maximum absolute atomic E-state index is 10.3. The highest BCUT2D eigenvalue weighted by molar-refractivity contribution is 5.38. The van der Waals surface area contributed by atoms with E-state index in [0.29, 0.717) is 0 Å². The summed E-state index contributed by atoms with van der Waals surface area (Å²) in [5.41, 5.74) is 0. The first-order chi connectivity index (χ1) is 6.90. The van der Waals surface area contributed by atoms with E-state index in [2.05, 4.69) is 15.1 Å². The first kappa shape index (κ1) is 9.12. The minimum atomic E-state index is 0.00922. The van der Waals surface area contributed by atoms with Gasteiger partial charge in [-0.05, 0) is 25.0 Å². The Morgan fingerprint density at radius 3 is 2.71 bits per heavy atom. The second-order valence-electron chi connectivity index (χ2n) is 3.51. The van der Waals surface area contributed by atoms with Crippen LogP contribution in [0.5, 0.6) is 0 Å². The summed E-state index contributed by atoms with van der Waals surface area (Å²) in [5.74, 6) is 0.997. The summed E-state index contributed by atoms with van der Waals surface area (Å²) in [4.78, 5) is 16.8. The molecule has 1 aromatic heterocycles. The van der Waals surface area contributed by atoms with Gasteiger partial charge in [-0.3, -0.25) is 0 Å². The summed E-state index contributed by atoms with van der Waals surface area (Å²) >= 11 is 0. The Kier molecular flexibility index (Phi) is 2.72. The molecule has 2 heterocycles. The Morgan fingerprint density at radius 2 is 2.14 bits per heavy atom. The van der Waals surface area contributed by atoms with Crippen LogP contribution in [-0.4, -0.2) is 24.1 Å². The van der Waals surface area contributed by atoms with Gasteiger partial charge in [0.1, 0.15) is 5.82 Å². The van der Waals surface area contributed by atoms with Crippen LogP contribution in [0.2, 0.25) is 0 Å². The van der Waals surface area contributed by atoms with Gasteiger partial charge in [0.15, 0.2) is 0 Å². The maximum atomic E-state index is 10.3. The van der Waals surface area contributed by atoms with Gasteiger partial charge in [0.25, 0.3) is 0 Å². The third-order valence-corrected chi connectivity index (χ3v) is 2.59. The molecule has 74 valence electrons. The summed E-state index contributed by atoms with van der Waals surface area (Å²) in [6.45, 7) is 1.76. The Bertz CT molecular complexity index is 293. The van der Waals surface area contributed by atoms with Gasteiger partial charge in [0, 0.05) is 19.3 Å². The molecule has 4 heteroatoms. The van der Waals surface area contributed by atoms with Crippen LogP contribution in [-0.2, 0) is 0 Å². The second kappa shape index (κ2) is 4.17. The normalized spacial score (nSPS) is 18.1. The molecular formula is C10H13N3O. The summed E-state index contributed by atoms with van der Waals surface area (Å²) in [6, 6.07) is 5.89. The van der Waals surface area contributed by atoms with Crippen LogP contribution in [0.4, 0.5) is 5.82 Å². The van der Waals surface area contributed by atoms with Crippen LogP contribution in [0.25, 0.3) is 0 Å². The quantitative estimate of drug-likeness (QED) is 0.670. The van der Waals surface area contributed by atoms with Crippen molar-refractivity contribution in [1.82, 2.24) is 4.98 Å². The standard InChI is InChI=1S/C10H13N3O/c14-12-9-4-7-13(8-5-9)10-3-1-2-6-11-10/h1-3,6,9H,4-5,7-8H2. The molecule has 0 unspecified atom stereocenters. The molecule has 0 radical (unpaired) electrons. The number of hydrogen-bond acceptors (Lipinski definition) is 4. The molecular weight excluding hydrogens is 178 g/mol. The summed E-state index contributed by atoms with van der Waals surface area (Å²) in [5, 5.41) is 3.08. The number of nitrogens with zero attached hydrogens (tertiary/aromatic N) is 3. The number of aromatic nitrogens is 1. The number of piperidine rings is 1. The van der Waals surface area contributed by atoms with Gasteiger partial charge < -0.3 is 4.90 Å². The highest BCUT2D eigenvalue weighted by Gasteiger charge is 2.19. The lowest BCUT2D eigenvalue weighted by molar-refractivity contribution is 0.498. The Labute approximate surface area is 82.9 Å². The van der Waals surface area contributed by atoms with Crippen molar-refractivity contribution in [3.8, 4) is 0 Å². The molecule has 1 aliphatic rings. The van der Waals surface area contributed by atoms with Gasteiger partial charge in [-0.15, -0.1) is 0 Å². The van der Waals surface area contributed by atoms with Crippen LogP contribution in [0.3, 0.4) is 0 Å². The van der Waals surface area contributed by atoms with Crippen molar-refractivity contribution in [2.24, 2.45) is 5.18 Å². The lowest BCUT2D eigenvalue weighted by atomic mass is 10.1.